The Morgan fingerprint density at radius 3 is 1.95 bits per heavy atom. The maximum Gasteiger partial charge on any atom is 0.315 e. The molecule has 11 heteroatoms. The summed E-state index contributed by atoms with van der Waals surface area (Å²) in [7, 11) is 0. The van der Waals surface area contributed by atoms with Crippen LogP contribution in [-0.4, -0.2) is 77.4 Å². The molecule has 11 nitrogen and oxygen atoms in total. The van der Waals surface area contributed by atoms with Crippen molar-refractivity contribution in [2.24, 2.45) is 34.8 Å². The van der Waals surface area contributed by atoms with E-state index in [9.17, 15) is 24.0 Å². The van der Waals surface area contributed by atoms with E-state index in [1.807, 2.05) is 69.2 Å². The van der Waals surface area contributed by atoms with Crippen molar-refractivity contribution in [2.75, 3.05) is 13.2 Å². The molecule has 5 N–H and O–H groups in total. The van der Waals surface area contributed by atoms with Crippen molar-refractivity contribution >= 4 is 29.5 Å². The highest BCUT2D eigenvalue weighted by Gasteiger charge is 2.48. The number of carbonyl (C=O) groups is 5. The summed E-state index contributed by atoms with van der Waals surface area (Å²) in [5, 5.41) is 8.62. The number of hydrogen-bond donors (Lipinski definition) is 4. The van der Waals surface area contributed by atoms with Crippen molar-refractivity contribution in [1.82, 2.24) is 20.9 Å². The zero-order valence-corrected chi connectivity index (χ0v) is 27.3. The molecule has 1 unspecified atom stereocenters. The predicted octanol–water partition coefficient (Wildman–Crippen LogP) is 2.75. The summed E-state index contributed by atoms with van der Waals surface area (Å²) < 4.78 is 5.91. The first-order chi connectivity index (χ1) is 19.2. The third kappa shape index (κ3) is 10.2. The lowest BCUT2D eigenvalue weighted by Crippen LogP contribution is -2.61. The van der Waals surface area contributed by atoms with Crippen LogP contribution in [0.2, 0.25) is 0 Å². The van der Waals surface area contributed by atoms with Gasteiger partial charge in [0, 0.05) is 6.54 Å². The normalized spacial score (nSPS) is 21.6. The number of amides is 5. The number of Topliss-reactive ketones (excluding diaryl/α,β-unsaturated/α-hetero) is 1. The van der Waals surface area contributed by atoms with Gasteiger partial charge in [-0.2, -0.15) is 0 Å². The van der Waals surface area contributed by atoms with Gasteiger partial charge in [-0.3, -0.25) is 19.2 Å². The maximum atomic E-state index is 14.1. The van der Waals surface area contributed by atoms with Crippen LogP contribution in [0.4, 0.5) is 4.79 Å². The van der Waals surface area contributed by atoms with Crippen LogP contribution in [-0.2, 0) is 23.9 Å². The monoisotopic (exact) mass is 593 g/mol. The van der Waals surface area contributed by atoms with Crippen LogP contribution < -0.4 is 21.7 Å². The van der Waals surface area contributed by atoms with Gasteiger partial charge in [-0.25, -0.2) is 4.79 Å². The van der Waals surface area contributed by atoms with Gasteiger partial charge in [-0.1, -0.05) is 61.3 Å². The third-order valence-corrected chi connectivity index (χ3v) is 8.20. The Morgan fingerprint density at radius 1 is 0.905 bits per heavy atom. The maximum absolute atomic E-state index is 14.1. The van der Waals surface area contributed by atoms with E-state index in [1.165, 1.54) is 4.90 Å². The summed E-state index contributed by atoms with van der Waals surface area (Å²) in [5.41, 5.74) is 4.24. The summed E-state index contributed by atoms with van der Waals surface area (Å²) in [6.45, 7) is 20.0. The minimum atomic E-state index is -1.09. The Morgan fingerprint density at radius 2 is 1.50 bits per heavy atom. The molecule has 0 bridgehead atoms. The number of ketones is 1. The standard InChI is InChI=1S/C31H55N5O6/c1-17(2)20-13-14-36(23(20)27(39)33-21(15-19-11-12-19)24(37)26(32)38)28(40)25(30(5,6)7)35-29(41)34-22(18(3)4)16-42-31(8,9)10/h17-23,25H,11-16H2,1-10H3,(H2,32,38)(H,33,39)(H2,34,35,41)/t20-,21?,22-,23+,25-/m1/s1. The number of rotatable bonds is 13. The van der Waals surface area contributed by atoms with E-state index in [0.29, 0.717) is 26.0 Å². The lowest BCUT2D eigenvalue weighted by Gasteiger charge is -2.37. The topological polar surface area (TPSA) is 160 Å². The second-order valence-electron chi connectivity index (χ2n) is 14.8. The van der Waals surface area contributed by atoms with E-state index in [1.54, 1.807) is 0 Å². The van der Waals surface area contributed by atoms with Crippen LogP contribution in [0.15, 0.2) is 0 Å². The van der Waals surface area contributed by atoms with Gasteiger partial charge in [-0.15, -0.1) is 0 Å². The van der Waals surface area contributed by atoms with E-state index >= 15 is 0 Å². The molecule has 2 rings (SSSR count). The molecule has 0 spiro atoms. The molecule has 1 saturated heterocycles. The van der Waals surface area contributed by atoms with Crippen molar-refractivity contribution in [2.45, 2.75) is 125 Å². The zero-order chi connectivity index (χ0) is 32.2. The molecule has 1 aliphatic heterocycles. The molecule has 2 aliphatic rings. The van der Waals surface area contributed by atoms with Crippen molar-refractivity contribution in [3.8, 4) is 0 Å². The quantitative estimate of drug-likeness (QED) is 0.240. The minimum absolute atomic E-state index is 0.0752. The fourth-order valence-electron chi connectivity index (χ4n) is 5.34. The number of nitrogens with one attached hydrogen (secondary N) is 3. The molecular formula is C31H55N5O6. The van der Waals surface area contributed by atoms with Crippen LogP contribution in [0.25, 0.3) is 0 Å². The molecule has 1 aliphatic carbocycles. The third-order valence-electron chi connectivity index (χ3n) is 8.20. The molecule has 2 fully saturated rings. The number of urea groups is 1. The molecule has 0 aromatic rings. The number of primary amides is 1. The summed E-state index contributed by atoms with van der Waals surface area (Å²) in [6.07, 6.45) is 2.81. The fraction of sp³-hybridized carbons (Fsp3) is 0.839. The molecule has 5 atom stereocenters. The first kappa shape index (κ1) is 35.5. The van der Waals surface area contributed by atoms with Crippen molar-refractivity contribution in [3.05, 3.63) is 0 Å². The summed E-state index contributed by atoms with van der Waals surface area (Å²) in [5.74, 6) is -2.49. The molecule has 0 aromatic heterocycles. The molecular weight excluding hydrogens is 538 g/mol. The largest absolute Gasteiger partial charge is 0.374 e. The van der Waals surface area contributed by atoms with Gasteiger partial charge in [0.15, 0.2) is 0 Å². The second-order valence-corrected chi connectivity index (χ2v) is 14.8. The number of carbonyl (C=O) groups excluding carboxylic acids is 5. The molecule has 0 radical (unpaired) electrons. The number of hydrogen-bond acceptors (Lipinski definition) is 6. The van der Waals surface area contributed by atoms with E-state index in [0.717, 1.165) is 12.8 Å². The van der Waals surface area contributed by atoms with E-state index in [-0.39, 0.29) is 41.2 Å². The lowest BCUT2D eigenvalue weighted by atomic mass is 9.84. The van der Waals surface area contributed by atoms with Crippen molar-refractivity contribution in [1.29, 1.82) is 0 Å². The first-order valence-corrected chi connectivity index (χ1v) is 15.4. The number of nitrogens with two attached hydrogens (primary N) is 1. The van der Waals surface area contributed by atoms with Crippen LogP contribution >= 0.6 is 0 Å². The van der Waals surface area contributed by atoms with Crippen LogP contribution in [0.5, 0.6) is 0 Å². The second kappa shape index (κ2) is 14.2. The average molecular weight is 594 g/mol. The fourth-order valence-corrected chi connectivity index (χ4v) is 5.34. The number of ether oxygens (including phenoxy) is 1. The predicted molar refractivity (Wildman–Crippen MR) is 161 cm³/mol. The highest BCUT2D eigenvalue weighted by molar-refractivity contribution is 6.37. The van der Waals surface area contributed by atoms with Gasteiger partial charge in [-0.05, 0) is 62.7 Å². The summed E-state index contributed by atoms with van der Waals surface area (Å²) >= 11 is 0. The highest BCUT2D eigenvalue weighted by Crippen LogP contribution is 2.35. The zero-order valence-electron chi connectivity index (χ0n) is 27.3. The number of nitrogens with zero attached hydrogens (tertiary/aromatic N) is 1. The Balaban J connectivity index is 2.27. The molecule has 0 aromatic carbocycles. The van der Waals surface area contributed by atoms with Gasteiger partial charge in [0.1, 0.15) is 12.1 Å². The van der Waals surface area contributed by atoms with E-state index in [2.05, 4.69) is 16.0 Å². The molecule has 240 valence electrons. The van der Waals surface area contributed by atoms with Gasteiger partial charge in [0.2, 0.25) is 17.6 Å². The average Bonchev–Trinajstić information content (AvgIpc) is 3.55. The minimum Gasteiger partial charge on any atom is -0.374 e. The Kier molecular flexibility index (Phi) is 12.0. The van der Waals surface area contributed by atoms with Gasteiger partial charge < -0.3 is 31.3 Å². The molecule has 5 amide bonds. The van der Waals surface area contributed by atoms with Gasteiger partial charge >= 0.3 is 6.03 Å². The van der Waals surface area contributed by atoms with Crippen molar-refractivity contribution in [3.63, 3.8) is 0 Å². The van der Waals surface area contributed by atoms with Crippen LogP contribution in [0.1, 0.15) is 94.9 Å². The Hall–Kier alpha value is -2.69. The van der Waals surface area contributed by atoms with E-state index in [4.69, 9.17) is 10.5 Å². The Bertz CT molecular complexity index is 995. The SMILES string of the molecule is CC(C)[C@H]1CCN(C(=O)[C@@H](NC(=O)N[C@H](COC(C)(C)C)C(C)C)C(C)(C)C)[C@@H]1C(=O)NC(CC1CC1)C(=O)C(N)=O. The van der Waals surface area contributed by atoms with Gasteiger partial charge in [0.05, 0.1) is 24.3 Å². The van der Waals surface area contributed by atoms with Crippen molar-refractivity contribution < 1.29 is 28.7 Å². The van der Waals surface area contributed by atoms with Crippen LogP contribution in [0.3, 0.4) is 0 Å². The summed E-state index contributed by atoms with van der Waals surface area (Å²) in [6, 6.07) is -3.56. The molecule has 1 heterocycles. The lowest BCUT2D eigenvalue weighted by molar-refractivity contribution is -0.144. The first-order valence-electron chi connectivity index (χ1n) is 15.4. The Labute approximate surface area is 251 Å². The summed E-state index contributed by atoms with van der Waals surface area (Å²) in [4.78, 5) is 66.9. The van der Waals surface area contributed by atoms with Gasteiger partial charge in [0.25, 0.3) is 5.91 Å². The highest BCUT2D eigenvalue weighted by atomic mass is 16.5. The number of likely N-dealkylation sites (tertiary alicyclic amines) is 1. The van der Waals surface area contributed by atoms with E-state index < -0.39 is 47.2 Å². The molecule has 1 saturated carbocycles. The smallest absolute Gasteiger partial charge is 0.315 e. The van der Waals surface area contributed by atoms with Crippen LogP contribution in [0, 0.1) is 29.1 Å². The molecule has 42 heavy (non-hydrogen) atoms.